The summed E-state index contributed by atoms with van der Waals surface area (Å²) >= 11 is 0. The first-order valence-corrected chi connectivity index (χ1v) is 10.7. The minimum atomic E-state index is -0.195. The summed E-state index contributed by atoms with van der Waals surface area (Å²) < 4.78 is 0. The summed E-state index contributed by atoms with van der Waals surface area (Å²) in [5.74, 6) is 0.341. The van der Waals surface area contributed by atoms with Gasteiger partial charge in [-0.05, 0) is 50.2 Å². The number of anilines is 2. The highest BCUT2D eigenvalue weighted by Crippen LogP contribution is 2.34. The summed E-state index contributed by atoms with van der Waals surface area (Å²) in [5, 5.41) is 6.61. The molecule has 5 rings (SSSR count). The number of carbonyl (C=O) groups is 2. The van der Waals surface area contributed by atoms with Gasteiger partial charge in [0, 0.05) is 48.1 Å². The van der Waals surface area contributed by atoms with E-state index in [0.29, 0.717) is 29.1 Å². The maximum absolute atomic E-state index is 12.6. The lowest BCUT2D eigenvalue weighted by Gasteiger charge is -2.25. The molecule has 158 valence electrons. The quantitative estimate of drug-likeness (QED) is 0.554. The largest absolute Gasteiger partial charge is 0.345 e. The molecule has 2 aliphatic heterocycles. The van der Waals surface area contributed by atoms with Crippen LogP contribution in [-0.2, 0) is 9.59 Å². The van der Waals surface area contributed by atoms with E-state index in [1.165, 1.54) is 19.3 Å². The molecule has 2 aliphatic rings. The molecule has 0 bridgehead atoms. The van der Waals surface area contributed by atoms with Gasteiger partial charge in [0.15, 0.2) is 0 Å². The van der Waals surface area contributed by atoms with Gasteiger partial charge in [0.05, 0.1) is 11.3 Å². The van der Waals surface area contributed by atoms with Crippen LogP contribution in [0.5, 0.6) is 0 Å². The van der Waals surface area contributed by atoms with Gasteiger partial charge in [0.25, 0.3) is 5.91 Å². The lowest BCUT2D eigenvalue weighted by molar-refractivity contribution is -0.116. The fourth-order valence-electron chi connectivity index (χ4n) is 4.27. The number of aromatic nitrogens is 3. The Morgan fingerprint density at radius 2 is 2.03 bits per heavy atom. The molecule has 0 saturated carbocycles. The molecule has 0 aromatic carbocycles. The van der Waals surface area contributed by atoms with Gasteiger partial charge < -0.3 is 20.5 Å². The zero-order valence-electron chi connectivity index (χ0n) is 17.1. The van der Waals surface area contributed by atoms with Crippen molar-refractivity contribution in [2.45, 2.75) is 25.7 Å². The number of rotatable bonds is 5. The van der Waals surface area contributed by atoms with Gasteiger partial charge in [-0.2, -0.15) is 0 Å². The highest BCUT2D eigenvalue weighted by molar-refractivity contribution is 6.35. The molecule has 1 saturated heterocycles. The lowest BCUT2D eigenvalue weighted by atomic mass is 10.1. The summed E-state index contributed by atoms with van der Waals surface area (Å²) in [7, 11) is 0. The molecule has 1 fully saturated rings. The van der Waals surface area contributed by atoms with Crippen LogP contribution >= 0.6 is 0 Å². The Balaban J connectivity index is 1.40. The second-order valence-electron chi connectivity index (χ2n) is 7.94. The molecule has 5 heterocycles. The highest BCUT2D eigenvalue weighted by Gasteiger charge is 2.25. The van der Waals surface area contributed by atoms with Gasteiger partial charge in [-0.1, -0.05) is 6.42 Å². The van der Waals surface area contributed by atoms with Crippen LogP contribution < -0.4 is 10.6 Å². The van der Waals surface area contributed by atoms with E-state index < -0.39 is 0 Å². The molecule has 3 N–H and O–H groups in total. The Morgan fingerprint density at radius 3 is 2.90 bits per heavy atom. The molecule has 0 radical (unpaired) electrons. The maximum atomic E-state index is 12.6. The number of aromatic amines is 1. The van der Waals surface area contributed by atoms with Crippen LogP contribution in [0, 0.1) is 0 Å². The average molecular weight is 416 g/mol. The number of hydrogen-bond donors (Lipinski definition) is 3. The summed E-state index contributed by atoms with van der Waals surface area (Å²) in [4.78, 5) is 39.2. The standard InChI is InChI=1S/C23H24N6O2/c30-19(7-12-29-10-2-1-3-11-29)27-18-6-9-25-22-20(18)15(14-26-22)13-17-16-5-4-8-24-21(16)28-23(17)31/h4-6,8-9,13-14H,1-3,7,10-12H2,(H,24,28,31)(H2,25,26,27,30). The molecule has 0 spiro atoms. The van der Waals surface area contributed by atoms with Crippen LogP contribution in [0.4, 0.5) is 11.5 Å². The van der Waals surface area contributed by atoms with E-state index >= 15 is 0 Å². The molecular weight excluding hydrogens is 392 g/mol. The number of H-pyrrole nitrogens is 1. The predicted octanol–water partition coefficient (Wildman–Crippen LogP) is 3.27. The van der Waals surface area contributed by atoms with Crippen LogP contribution in [0.1, 0.15) is 36.8 Å². The molecule has 0 unspecified atom stereocenters. The zero-order chi connectivity index (χ0) is 21.2. The van der Waals surface area contributed by atoms with E-state index in [4.69, 9.17) is 0 Å². The third-order valence-electron chi connectivity index (χ3n) is 5.86. The Bertz CT molecular complexity index is 1180. The number of pyridine rings is 2. The topological polar surface area (TPSA) is 103 Å². The third-order valence-corrected chi connectivity index (χ3v) is 5.86. The molecule has 2 amide bonds. The molecule has 8 heteroatoms. The summed E-state index contributed by atoms with van der Waals surface area (Å²) in [6.45, 7) is 2.91. The summed E-state index contributed by atoms with van der Waals surface area (Å²) in [5.41, 5.74) is 3.43. The fourth-order valence-corrected chi connectivity index (χ4v) is 4.27. The molecule has 31 heavy (non-hydrogen) atoms. The smallest absolute Gasteiger partial charge is 0.257 e. The van der Waals surface area contributed by atoms with Crippen LogP contribution in [0.15, 0.2) is 36.8 Å². The maximum Gasteiger partial charge on any atom is 0.257 e. The van der Waals surface area contributed by atoms with E-state index in [1.54, 1.807) is 30.7 Å². The lowest BCUT2D eigenvalue weighted by Crippen LogP contribution is -2.32. The number of amides is 2. The van der Waals surface area contributed by atoms with Crippen LogP contribution in [0.25, 0.3) is 22.7 Å². The first-order valence-electron chi connectivity index (χ1n) is 10.7. The number of piperidine rings is 1. The Hall–Kier alpha value is -3.52. The van der Waals surface area contributed by atoms with Crippen molar-refractivity contribution in [1.29, 1.82) is 0 Å². The molecular formula is C23H24N6O2. The van der Waals surface area contributed by atoms with Crippen molar-refractivity contribution in [1.82, 2.24) is 19.9 Å². The Labute approximate surface area is 179 Å². The highest BCUT2D eigenvalue weighted by atomic mass is 16.2. The van der Waals surface area contributed by atoms with Gasteiger partial charge in [0.1, 0.15) is 11.5 Å². The number of nitrogens with one attached hydrogen (secondary N) is 3. The van der Waals surface area contributed by atoms with Crippen molar-refractivity contribution in [3.8, 4) is 0 Å². The van der Waals surface area contributed by atoms with E-state index in [9.17, 15) is 9.59 Å². The summed E-state index contributed by atoms with van der Waals surface area (Å²) in [6.07, 6.45) is 11.1. The third kappa shape index (κ3) is 3.94. The van der Waals surface area contributed by atoms with Crippen molar-refractivity contribution in [3.63, 3.8) is 0 Å². The van der Waals surface area contributed by atoms with Crippen molar-refractivity contribution < 1.29 is 9.59 Å². The van der Waals surface area contributed by atoms with E-state index in [-0.39, 0.29) is 11.8 Å². The number of carbonyl (C=O) groups excluding carboxylic acids is 2. The van der Waals surface area contributed by atoms with Gasteiger partial charge in [-0.25, -0.2) is 9.97 Å². The summed E-state index contributed by atoms with van der Waals surface area (Å²) in [6, 6.07) is 5.46. The van der Waals surface area contributed by atoms with E-state index in [0.717, 1.165) is 36.1 Å². The van der Waals surface area contributed by atoms with Gasteiger partial charge >= 0.3 is 0 Å². The minimum absolute atomic E-state index is 0.0222. The number of hydrogen-bond acceptors (Lipinski definition) is 5. The first-order chi connectivity index (χ1) is 15.2. The van der Waals surface area contributed by atoms with Crippen molar-refractivity contribution in [2.75, 3.05) is 30.3 Å². The van der Waals surface area contributed by atoms with Crippen LogP contribution in [0.3, 0.4) is 0 Å². The Kier molecular flexibility index (Phi) is 5.21. The molecule has 3 aromatic heterocycles. The molecule has 0 aliphatic carbocycles. The van der Waals surface area contributed by atoms with E-state index in [2.05, 4.69) is 30.5 Å². The monoisotopic (exact) mass is 416 g/mol. The molecule has 0 atom stereocenters. The first kappa shape index (κ1) is 19.4. The minimum Gasteiger partial charge on any atom is -0.345 e. The molecule has 8 nitrogen and oxygen atoms in total. The van der Waals surface area contributed by atoms with Gasteiger partial charge in [-0.3, -0.25) is 9.59 Å². The number of fused-ring (bicyclic) bond motifs is 2. The normalized spacial score (nSPS) is 17.7. The van der Waals surface area contributed by atoms with E-state index in [1.807, 2.05) is 12.1 Å². The molecule has 3 aromatic rings. The van der Waals surface area contributed by atoms with Crippen molar-refractivity contribution >= 4 is 46.0 Å². The zero-order valence-corrected chi connectivity index (χ0v) is 17.1. The Morgan fingerprint density at radius 1 is 1.16 bits per heavy atom. The van der Waals surface area contributed by atoms with Gasteiger partial charge in [-0.15, -0.1) is 0 Å². The van der Waals surface area contributed by atoms with Crippen LogP contribution in [0.2, 0.25) is 0 Å². The predicted molar refractivity (Wildman–Crippen MR) is 120 cm³/mol. The fraction of sp³-hybridized carbons (Fsp3) is 0.304. The van der Waals surface area contributed by atoms with Crippen molar-refractivity contribution in [2.24, 2.45) is 0 Å². The van der Waals surface area contributed by atoms with Gasteiger partial charge in [0.2, 0.25) is 5.91 Å². The van der Waals surface area contributed by atoms with Crippen LogP contribution in [-0.4, -0.2) is 51.3 Å². The second-order valence-corrected chi connectivity index (χ2v) is 7.94. The van der Waals surface area contributed by atoms with Crippen molar-refractivity contribution in [3.05, 3.63) is 47.9 Å². The number of likely N-dealkylation sites (tertiary alicyclic amines) is 1. The SMILES string of the molecule is O=C(CCN1CCCCC1)Nc1ccnc2[nH]cc(C=C3C(=O)Nc4ncccc43)c12. The number of nitrogens with zero attached hydrogens (tertiary/aromatic N) is 3. The average Bonchev–Trinajstić information content (AvgIpc) is 3.35. The second kappa shape index (κ2) is 8.31.